The van der Waals surface area contributed by atoms with Gasteiger partial charge in [-0.25, -0.2) is 13.1 Å². The number of halogens is 1. The monoisotopic (exact) mass is 363 g/mol. The Labute approximate surface area is 142 Å². The molecule has 0 bridgehead atoms. The molecule has 130 valence electrons. The van der Waals surface area contributed by atoms with Gasteiger partial charge in [0, 0.05) is 24.7 Å². The minimum absolute atomic E-state index is 0. The molecule has 1 heterocycles. The van der Waals surface area contributed by atoms with Crippen molar-refractivity contribution in [2.45, 2.75) is 31.6 Å². The van der Waals surface area contributed by atoms with Crippen LogP contribution in [0.4, 0.5) is 5.69 Å². The maximum atomic E-state index is 12.5. The molecule has 1 aromatic rings. The molecule has 2 rings (SSSR count). The topological polar surface area (TPSA) is 101 Å². The normalized spacial score (nSPS) is 21.5. The molecule has 7 nitrogen and oxygen atoms in total. The molecule has 0 aliphatic carbocycles. The zero-order valence-corrected chi connectivity index (χ0v) is 14.8. The van der Waals surface area contributed by atoms with Crippen molar-refractivity contribution in [2.24, 2.45) is 5.41 Å². The highest BCUT2D eigenvalue weighted by Gasteiger charge is 2.30. The van der Waals surface area contributed by atoms with Gasteiger partial charge in [-0.3, -0.25) is 10.1 Å². The van der Waals surface area contributed by atoms with Gasteiger partial charge in [-0.15, -0.1) is 12.4 Å². The van der Waals surface area contributed by atoms with Gasteiger partial charge >= 0.3 is 0 Å². The number of hydrogen-bond acceptors (Lipinski definition) is 5. The Kier molecular flexibility index (Phi) is 6.52. The van der Waals surface area contributed by atoms with Crippen molar-refractivity contribution in [3.63, 3.8) is 0 Å². The van der Waals surface area contributed by atoms with Crippen LogP contribution in [0, 0.1) is 22.5 Å². The van der Waals surface area contributed by atoms with Gasteiger partial charge in [0.25, 0.3) is 5.69 Å². The summed E-state index contributed by atoms with van der Waals surface area (Å²) < 4.78 is 27.5. The number of piperidine rings is 1. The average Bonchev–Trinajstić information content (AvgIpc) is 2.46. The summed E-state index contributed by atoms with van der Waals surface area (Å²) in [7, 11) is -3.77. The number of hydrogen-bond donors (Lipinski definition) is 2. The van der Waals surface area contributed by atoms with E-state index in [1.807, 2.05) is 6.92 Å². The van der Waals surface area contributed by atoms with Gasteiger partial charge in [0.1, 0.15) is 0 Å². The van der Waals surface area contributed by atoms with Gasteiger partial charge in [-0.1, -0.05) is 13.0 Å². The van der Waals surface area contributed by atoms with E-state index in [1.54, 1.807) is 0 Å². The van der Waals surface area contributed by atoms with E-state index in [1.165, 1.54) is 25.1 Å². The Bertz CT molecular complexity index is 673. The summed E-state index contributed by atoms with van der Waals surface area (Å²) in [5.74, 6) is 0. The lowest BCUT2D eigenvalue weighted by molar-refractivity contribution is -0.385. The number of nitro benzene ring substituents is 1. The van der Waals surface area contributed by atoms with Crippen molar-refractivity contribution in [1.82, 2.24) is 10.0 Å². The fourth-order valence-electron chi connectivity index (χ4n) is 2.71. The first kappa shape index (κ1) is 19.8. The molecular formula is C14H22ClN3O4S. The molecule has 2 N–H and O–H groups in total. The van der Waals surface area contributed by atoms with Gasteiger partial charge in [0.2, 0.25) is 10.0 Å². The average molecular weight is 364 g/mol. The number of sulfonamides is 1. The van der Waals surface area contributed by atoms with Crippen molar-refractivity contribution in [1.29, 1.82) is 0 Å². The van der Waals surface area contributed by atoms with E-state index in [0.29, 0.717) is 6.54 Å². The summed E-state index contributed by atoms with van der Waals surface area (Å²) in [5.41, 5.74) is -0.166. The molecule has 1 aromatic carbocycles. The quantitative estimate of drug-likeness (QED) is 0.615. The summed E-state index contributed by atoms with van der Waals surface area (Å²) >= 11 is 0. The number of nitro groups is 1. The number of nitrogens with zero attached hydrogens (tertiary/aromatic N) is 1. The van der Waals surface area contributed by atoms with Crippen LogP contribution in [0.2, 0.25) is 0 Å². The zero-order chi connectivity index (χ0) is 16.4. The molecule has 1 unspecified atom stereocenters. The molecule has 23 heavy (non-hydrogen) atoms. The fraction of sp³-hybridized carbons (Fsp3) is 0.571. The molecule has 0 amide bonds. The lowest BCUT2D eigenvalue weighted by Gasteiger charge is -2.34. The number of rotatable bonds is 5. The summed E-state index contributed by atoms with van der Waals surface area (Å²) in [6.45, 7) is 5.50. The van der Waals surface area contributed by atoms with Gasteiger partial charge in [0.15, 0.2) is 0 Å². The molecule has 1 fully saturated rings. The lowest BCUT2D eigenvalue weighted by Crippen LogP contribution is -2.45. The maximum absolute atomic E-state index is 12.5. The molecule has 0 aromatic heterocycles. The van der Waals surface area contributed by atoms with Crippen LogP contribution in [0.15, 0.2) is 23.1 Å². The third-order valence-electron chi connectivity index (χ3n) is 4.12. The van der Waals surface area contributed by atoms with Crippen LogP contribution < -0.4 is 10.0 Å². The van der Waals surface area contributed by atoms with Gasteiger partial charge < -0.3 is 5.32 Å². The molecule has 1 aliphatic rings. The molecule has 1 saturated heterocycles. The van der Waals surface area contributed by atoms with Gasteiger partial charge in [-0.2, -0.15) is 0 Å². The second-order valence-electron chi connectivity index (χ2n) is 6.07. The Morgan fingerprint density at radius 2 is 2.13 bits per heavy atom. The fourth-order valence-corrected chi connectivity index (χ4v) is 4.17. The molecule has 0 spiro atoms. The molecule has 1 atom stereocenters. The van der Waals surface area contributed by atoms with Crippen molar-refractivity contribution in [2.75, 3.05) is 19.6 Å². The van der Waals surface area contributed by atoms with E-state index in [-0.39, 0.29) is 34.0 Å². The van der Waals surface area contributed by atoms with Crippen LogP contribution in [0.25, 0.3) is 0 Å². The van der Waals surface area contributed by atoms with E-state index < -0.39 is 14.9 Å². The second kappa shape index (κ2) is 7.57. The SMILES string of the molecule is Cc1c([N+](=O)[O-])cccc1S(=O)(=O)NCC1(C)CCCNC1.Cl. The largest absolute Gasteiger partial charge is 0.316 e. The Morgan fingerprint density at radius 1 is 1.43 bits per heavy atom. The summed E-state index contributed by atoms with van der Waals surface area (Å²) in [4.78, 5) is 10.3. The maximum Gasteiger partial charge on any atom is 0.273 e. The summed E-state index contributed by atoms with van der Waals surface area (Å²) in [6, 6.07) is 4.09. The van der Waals surface area contributed by atoms with E-state index in [0.717, 1.165) is 25.9 Å². The Hall–Kier alpha value is -1.22. The molecule has 9 heteroatoms. The zero-order valence-electron chi connectivity index (χ0n) is 13.2. The van der Waals surface area contributed by atoms with Gasteiger partial charge in [0.05, 0.1) is 9.82 Å². The second-order valence-corrected chi connectivity index (χ2v) is 7.81. The third-order valence-corrected chi connectivity index (χ3v) is 5.66. The predicted molar refractivity (Wildman–Crippen MR) is 90.5 cm³/mol. The van der Waals surface area contributed by atoms with Crippen LogP contribution in [0.5, 0.6) is 0 Å². The highest BCUT2D eigenvalue weighted by Crippen LogP contribution is 2.27. The first-order chi connectivity index (χ1) is 10.3. The van der Waals surface area contributed by atoms with E-state index in [2.05, 4.69) is 10.0 Å². The molecular weight excluding hydrogens is 342 g/mol. The van der Waals surface area contributed by atoms with E-state index >= 15 is 0 Å². The smallest absolute Gasteiger partial charge is 0.273 e. The van der Waals surface area contributed by atoms with Crippen LogP contribution in [0.1, 0.15) is 25.3 Å². The minimum Gasteiger partial charge on any atom is -0.316 e. The van der Waals surface area contributed by atoms with Crippen molar-refractivity contribution in [3.8, 4) is 0 Å². The van der Waals surface area contributed by atoms with E-state index in [9.17, 15) is 18.5 Å². The summed E-state index contributed by atoms with van der Waals surface area (Å²) in [6.07, 6.45) is 1.95. The van der Waals surface area contributed by atoms with Crippen LogP contribution >= 0.6 is 12.4 Å². The van der Waals surface area contributed by atoms with Gasteiger partial charge in [-0.05, 0) is 37.8 Å². The van der Waals surface area contributed by atoms with Crippen molar-refractivity contribution in [3.05, 3.63) is 33.9 Å². The highest BCUT2D eigenvalue weighted by atomic mass is 35.5. The van der Waals surface area contributed by atoms with Crippen LogP contribution in [-0.4, -0.2) is 33.0 Å². The highest BCUT2D eigenvalue weighted by molar-refractivity contribution is 7.89. The molecule has 1 aliphatic heterocycles. The van der Waals surface area contributed by atoms with Crippen molar-refractivity contribution >= 4 is 28.1 Å². The number of benzene rings is 1. The first-order valence-corrected chi connectivity index (χ1v) is 8.68. The van der Waals surface area contributed by atoms with Crippen LogP contribution in [-0.2, 0) is 10.0 Å². The Balaban J connectivity index is 0.00000264. The third kappa shape index (κ3) is 4.63. The Morgan fingerprint density at radius 3 is 2.70 bits per heavy atom. The minimum atomic E-state index is -3.77. The standard InChI is InChI=1S/C14H21N3O4S.ClH/c1-11-12(17(18)19)5-3-6-13(11)22(20,21)16-10-14(2)7-4-8-15-9-14;/h3,5-6,15-16H,4,7-10H2,1-2H3;1H. The number of nitrogens with one attached hydrogen (secondary N) is 2. The van der Waals surface area contributed by atoms with E-state index in [4.69, 9.17) is 0 Å². The molecule has 0 saturated carbocycles. The van der Waals surface area contributed by atoms with Crippen LogP contribution in [0.3, 0.4) is 0 Å². The molecule has 0 radical (unpaired) electrons. The lowest BCUT2D eigenvalue weighted by atomic mass is 9.83. The predicted octanol–water partition coefficient (Wildman–Crippen LogP) is 1.99. The van der Waals surface area contributed by atoms with Crippen molar-refractivity contribution < 1.29 is 13.3 Å². The first-order valence-electron chi connectivity index (χ1n) is 7.20. The summed E-state index contributed by atoms with van der Waals surface area (Å²) in [5, 5.41) is 14.2.